The van der Waals surface area contributed by atoms with E-state index in [0.29, 0.717) is 0 Å². The molecule has 0 aliphatic rings. The lowest BCUT2D eigenvalue weighted by Gasteiger charge is -2.17. The molecule has 2 heterocycles. The van der Waals surface area contributed by atoms with Crippen LogP contribution in [-0.4, -0.2) is 9.97 Å². The van der Waals surface area contributed by atoms with Crippen molar-refractivity contribution in [1.29, 1.82) is 0 Å². The number of hydrogen-bond acceptors (Lipinski definition) is 4. The summed E-state index contributed by atoms with van der Waals surface area (Å²) in [5.41, 5.74) is 6.18. The lowest BCUT2D eigenvalue weighted by molar-refractivity contribution is 0.547. The summed E-state index contributed by atoms with van der Waals surface area (Å²) in [5, 5.41) is 0. The van der Waals surface area contributed by atoms with Gasteiger partial charge in [0.15, 0.2) is 0 Å². The topological polar surface area (TPSA) is 63.8 Å². The van der Waals surface area contributed by atoms with Gasteiger partial charge in [0.05, 0.1) is 6.04 Å². The average molecular weight is 228 g/mol. The first-order valence-electron chi connectivity index (χ1n) is 5.58. The second-order valence-corrected chi connectivity index (χ2v) is 3.96. The molecule has 0 fully saturated rings. The van der Waals surface area contributed by atoms with Crippen molar-refractivity contribution < 1.29 is 0 Å². The number of aromatic nitrogens is 2. The Morgan fingerprint density at radius 1 is 1.24 bits per heavy atom. The Kier molecular flexibility index (Phi) is 3.80. The Labute approximate surface area is 101 Å². The van der Waals surface area contributed by atoms with E-state index >= 15 is 0 Å². The van der Waals surface area contributed by atoms with Crippen LogP contribution in [0.3, 0.4) is 0 Å². The molecule has 3 N–H and O–H groups in total. The zero-order valence-corrected chi connectivity index (χ0v) is 9.80. The van der Waals surface area contributed by atoms with E-state index < -0.39 is 0 Å². The molecule has 88 valence electrons. The summed E-state index contributed by atoms with van der Waals surface area (Å²) in [6, 6.07) is 8.05. The molecule has 4 heteroatoms. The fourth-order valence-corrected chi connectivity index (χ4v) is 1.88. The normalized spacial score (nSPS) is 12.4. The van der Waals surface area contributed by atoms with Crippen LogP contribution < -0.4 is 11.3 Å². The molecular formula is C13H16N4. The van der Waals surface area contributed by atoms with Crippen LogP contribution in [0.1, 0.15) is 22.9 Å². The minimum absolute atomic E-state index is 0.0751. The van der Waals surface area contributed by atoms with Gasteiger partial charge in [-0.3, -0.25) is 21.2 Å². The van der Waals surface area contributed by atoms with E-state index in [-0.39, 0.29) is 6.04 Å². The summed E-state index contributed by atoms with van der Waals surface area (Å²) in [4.78, 5) is 8.29. The third-order valence-corrected chi connectivity index (χ3v) is 2.81. The van der Waals surface area contributed by atoms with Crippen LogP contribution in [0.15, 0.2) is 42.9 Å². The van der Waals surface area contributed by atoms with Gasteiger partial charge in [-0.2, -0.15) is 0 Å². The third kappa shape index (κ3) is 2.87. The zero-order chi connectivity index (χ0) is 12.1. The molecule has 0 radical (unpaired) electrons. The molecule has 2 rings (SSSR count). The van der Waals surface area contributed by atoms with E-state index in [4.69, 9.17) is 5.84 Å². The number of nitrogens with one attached hydrogen (secondary N) is 1. The van der Waals surface area contributed by atoms with E-state index in [9.17, 15) is 0 Å². The van der Waals surface area contributed by atoms with Crippen molar-refractivity contribution >= 4 is 0 Å². The van der Waals surface area contributed by atoms with Crippen LogP contribution in [0.25, 0.3) is 0 Å². The van der Waals surface area contributed by atoms with E-state index in [1.54, 1.807) is 18.6 Å². The van der Waals surface area contributed by atoms with E-state index in [0.717, 1.165) is 17.7 Å². The first kappa shape index (κ1) is 11.7. The highest BCUT2D eigenvalue weighted by Crippen LogP contribution is 2.19. The van der Waals surface area contributed by atoms with Crippen molar-refractivity contribution in [2.75, 3.05) is 0 Å². The zero-order valence-electron chi connectivity index (χ0n) is 9.80. The Hall–Kier alpha value is -1.78. The molecule has 0 aromatic carbocycles. The minimum Gasteiger partial charge on any atom is -0.271 e. The van der Waals surface area contributed by atoms with Gasteiger partial charge in [-0.15, -0.1) is 0 Å². The maximum Gasteiger partial charge on any atom is 0.0518 e. The van der Waals surface area contributed by atoms with Crippen LogP contribution in [-0.2, 0) is 6.42 Å². The Morgan fingerprint density at radius 2 is 2.00 bits per heavy atom. The van der Waals surface area contributed by atoms with Gasteiger partial charge < -0.3 is 0 Å². The van der Waals surface area contributed by atoms with Gasteiger partial charge in [0.25, 0.3) is 0 Å². The van der Waals surface area contributed by atoms with Crippen LogP contribution >= 0.6 is 0 Å². The number of hydrazine groups is 1. The smallest absolute Gasteiger partial charge is 0.0518 e. The summed E-state index contributed by atoms with van der Waals surface area (Å²) in [6.07, 6.45) is 6.20. The summed E-state index contributed by atoms with van der Waals surface area (Å²) < 4.78 is 0. The highest BCUT2D eigenvalue weighted by Gasteiger charge is 2.12. The highest BCUT2D eigenvalue weighted by atomic mass is 15.2. The van der Waals surface area contributed by atoms with Crippen molar-refractivity contribution in [3.8, 4) is 0 Å². The second kappa shape index (κ2) is 5.52. The number of hydrogen-bond donors (Lipinski definition) is 2. The quantitative estimate of drug-likeness (QED) is 0.615. The van der Waals surface area contributed by atoms with Crippen molar-refractivity contribution in [3.63, 3.8) is 0 Å². The number of nitrogens with two attached hydrogens (primary N) is 1. The molecule has 4 nitrogen and oxygen atoms in total. The fourth-order valence-electron chi connectivity index (χ4n) is 1.88. The summed E-state index contributed by atoms with van der Waals surface area (Å²) in [7, 11) is 0. The number of nitrogens with zero attached hydrogens (tertiary/aromatic N) is 2. The molecule has 2 aromatic rings. The Balaban J connectivity index is 2.21. The summed E-state index contributed by atoms with van der Waals surface area (Å²) in [5.74, 6) is 5.63. The van der Waals surface area contributed by atoms with Crippen LogP contribution in [0.4, 0.5) is 0 Å². The largest absolute Gasteiger partial charge is 0.271 e. The molecule has 2 aromatic heterocycles. The number of rotatable bonds is 4. The third-order valence-electron chi connectivity index (χ3n) is 2.81. The molecule has 1 atom stereocenters. The molecule has 0 aliphatic carbocycles. The maximum absolute atomic E-state index is 5.63. The van der Waals surface area contributed by atoms with Crippen LogP contribution in [0.5, 0.6) is 0 Å². The first-order chi connectivity index (χ1) is 8.31. The van der Waals surface area contributed by atoms with Gasteiger partial charge in [-0.1, -0.05) is 6.07 Å². The van der Waals surface area contributed by atoms with Crippen molar-refractivity contribution in [2.24, 2.45) is 5.84 Å². The van der Waals surface area contributed by atoms with Gasteiger partial charge in [0, 0.05) is 24.3 Å². The van der Waals surface area contributed by atoms with Crippen LogP contribution in [0.2, 0.25) is 0 Å². The van der Waals surface area contributed by atoms with Gasteiger partial charge in [-0.25, -0.2) is 0 Å². The number of pyridine rings is 2. The summed E-state index contributed by atoms with van der Waals surface area (Å²) in [6.45, 7) is 1.99. The average Bonchev–Trinajstić information content (AvgIpc) is 2.38. The lowest BCUT2D eigenvalue weighted by atomic mass is 9.99. The molecule has 0 saturated carbocycles. The second-order valence-electron chi connectivity index (χ2n) is 3.96. The van der Waals surface area contributed by atoms with E-state index in [1.165, 1.54) is 5.56 Å². The Bertz CT molecular complexity index is 470. The first-order valence-corrected chi connectivity index (χ1v) is 5.58. The molecule has 1 unspecified atom stereocenters. The van der Waals surface area contributed by atoms with Crippen molar-refractivity contribution in [3.05, 3.63) is 59.7 Å². The predicted molar refractivity (Wildman–Crippen MR) is 67.0 cm³/mol. The molecular weight excluding hydrogens is 212 g/mol. The molecule has 17 heavy (non-hydrogen) atoms. The van der Waals surface area contributed by atoms with Gasteiger partial charge in [-0.05, 0) is 42.7 Å². The highest BCUT2D eigenvalue weighted by molar-refractivity contribution is 5.25. The molecule has 0 saturated heterocycles. The molecule has 0 amide bonds. The fraction of sp³-hybridized carbons (Fsp3) is 0.231. The van der Waals surface area contributed by atoms with E-state index in [2.05, 4.69) is 15.4 Å². The minimum atomic E-state index is 0.0751. The van der Waals surface area contributed by atoms with Gasteiger partial charge in [0.2, 0.25) is 0 Å². The molecule has 0 aliphatic heterocycles. The molecule has 0 spiro atoms. The maximum atomic E-state index is 5.63. The van der Waals surface area contributed by atoms with Gasteiger partial charge >= 0.3 is 0 Å². The van der Waals surface area contributed by atoms with Crippen molar-refractivity contribution in [1.82, 2.24) is 15.4 Å². The Morgan fingerprint density at radius 3 is 2.65 bits per heavy atom. The predicted octanol–water partition coefficient (Wildman–Crippen LogP) is 1.53. The standard InChI is InChI=1S/C13H16N4/c1-10-12(3-2-6-16-10)13(17-14)9-11-4-7-15-8-5-11/h2-8,13,17H,9,14H2,1H3. The van der Waals surface area contributed by atoms with Gasteiger partial charge in [0.1, 0.15) is 0 Å². The SMILES string of the molecule is Cc1ncccc1C(Cc1ccncc1)NN. The summed E-state index contributed by atoms with van der Waals surface area (Å²) >= 11 is 0. The van der Waals surface area contributed by atoms with E-state index in [1.807, 2.05) is 31.2 Å². The van der Waals surface area contributed by atoms with Crippen LogP contribution in [0, 0.1) is 6.92 Å². The van der Waals surface area contributed by atoms with Crippen molar-refractivity contribution in [2.45, 2.75) is 19.4 Å². The molecule has 0 bridgehead atoms. The lowest BCUT2D eigenvalue weighted by Crippen LogP contribution is -2.30. The monoisotopic (exact) mass is 228 g/mol. The number of aryl methyl sites for hydroxylation is 1.